The Labute approximate surface area is 203 Å². The largest absolute Gasteiger partial charge is 0.356 e. The summed E-state index contributed by atoms with van der Waals surface area (Å²) in [4.78, 5) is 19.1. The number of aryl methyl sites for hydroxylation is 1. The van der Waals surface area contributed by atoms with Crippen molar-refractivity contribution in [3.8, 4) is 28.3 Å². The van der Waals surface area contributed by atoms with Gasteiger partial charge in [-0.25, -0.2) is 9.50 Å². The summed E-state index contributed by atoms with van der Waals surface area (Å²) >= 11 is 0. The highest BCUT2D eigenvalue weighted by Crippen LogP contribution is 2.46. The average Bonchev–Trinajstić information content (AvgIpc) is 3.31. The van der Waals surface area contributed by atoms with E-state index in [9.17, 15) is 10.1 Å². The van der Waals surface area contributed by atoms with Gasteiger partial charge in [0.2, 0.25) is 5.91 Å². The molecule has 1 aliphatic carbocycles. The van der Waals surface area contributed by atoms with Gasteiger partial charge in [0.25, 0.3) is 0 Å². The summed E-state index contributed by atoms with van der Waals surface area (Å²) < 4.78 is 3.52. The van der Waals surface area contributed by atoms with Crippen LogP contribution in [0.25, 0.3) is 27.8 Å². The Hall–Kier alpha value is -4.19. The minimum absolute atomic E-state index is 0.0158. The molecule has 1 N–H and O–H groups in total. The molecule has 176 valence electrons. The fourth-order valence-electron chi connectivity index (χ4n) is 5.14. The third kappa shape index (κ3) is 3.62. The van der Waals surface area contributed by atoms with E-state index in [1.165, 1.54) is 0 Å². The van der Waals surface area contributed by atoms with E-state index in [0.717, 1.165) is 46.7 Å². The van der Waals surface area contributed by atoms with Gasteiger partial charge in [-0.1, -0.05) is 13.8 Å². The lowest BCUT2D eigenvalue weighted by Crippen LogP contribution is -2.36. The van der Waals surface area contributed by atoms with Gasteiger partial charge in [0, 0.05) is 84.8 Å². The predicted octanol–water partition coefficient (Wildman–Crippen LogP) is 2.88. The lowest BCUT2D eigenvalue weighted by Gasteiger charge is -2.22. The molecule has 4 aromatic heterocycles. The van der Waals surface area contributed by atoms with Crippen LogP contribution in [0.1, 0.15) is 19.4 Å². The van der Waals surface area contributed by atoms with E-state index in [0.29, 0.717) is 23.4 Å². The number of rotatable bonds is 5. The van der Waals surface area contributed by atoms with Gasteiger partial charge in [0.1, 0.15) is 11.9 Å². The van der Waals surface area contributed by atoms with E-state index >= 15 is 0 Å². The highest BCUT2D eigenvalue weighted by Gasteiger charge is 2.56. The monoisotopic (exact) mass is 466 g/mol. The molecule has 1 amide bonds. The smallest absolute Gasteiger partial charge is 0.222 e. The number of nitrogens with one attached hydrogen (secondary N) is 1. The number of nitrogens with zero attached hydrogens (tertiary/aromatic N) is 7. The quantitative estimate of drug-likeness (QED) is 0.485. The zero-order valence-corrected chi connectivity index (χ0v) is 19.9. The molecule has 1 saturated heterocycles. The maximum absolute atomic E-state index is 12.0. The van der Waals surface area contributed by atoms with Gasteiger partial charge in [0.15, 0.2) is 0 Å². The van der Waals surface area contributed by atoms with Crippen LogP contribution in [-0.2, 0) is 11.8 Å². The number of nitriles is 1. The van der Waals surface area contributed by atoms with Crippen molar-refractivity contribution >= 4 is 17.2 Å². The summed E-state index contributed by atoms with van der Waals surface area (Å²) in [6.07, 6.45) is 9.16. The molecule has 5 heterocycles. The number of carbonyl (C=O) groups is 1. The van der Waals surface area contributed by atoms with E-state index in [2.05, 4.69) is 38.6 Å². The second-order valence-electron chi connectivity index (χ2n) is 9.84. The molecular weight excluding hydrogens is 440 g/mol. The van der Waals surface area contributed by atoms with E-state index in [1.807, 2.05) is 51.7 Å². The number of pyridine rings is 2. The number of carbonyl (C=O) groups excluding carboxylic acids is 1. The van der Waals surface area contributed by atoms with Gasteiger partial charge in [-0.3, -0.25) is 9.48 Å². The molecule has 1 saturated carbocycles. The summed E-state index contributed by atoms with van der Waals surface area (Å²) in [7, 11) is 1.88. The molecule has 0 unspecified atom stereocenters. The second-order valence-corrected chi connectivity index (χ2v) is 9.84. The molecule has 6 rings (SSSR count). The Balaban J connectivity index is 1.27. The molecule has 4 aromatic rings. The van der Waals surface area contributed by atoms with Gasteiger partial charge in [0.05, 0.1) is 23.5 Å². The standard InChI is InChI=1S/C26H26N8O/c1-15(2)26(35)31-24-21-13-33(14-22(21)24)23-5-4-16(8-28-23)20-6-17(19-10-29-32(3)11-19)12-34-25(20)18(7-27)9-30-34/h4-6,8-12,15,21-22,24H,13-14H2,1-3H3,(H,31,35)/t21-,22+,24+. The van der Waals surface area contributed by atoms with Crippen LogP contribution in [0.3, 0.4) is 0 Å². The fraction of sp³-hybridized carbons (Fsp3) is 0.346. The lowest BCUT2D eigenvalue weighted by atomic mass is 10.0. The van der Waals surface area contributed by atoms with Crippen molar-refractivity contribution in [1.82, 2.24) is 29.7 Å². The molecule has 9 heteroatoms. The number of aromatic nitrogens is 5. The van der Waals surface area contributed by atoms with Crippen molar-refractivity contribution in [2.24, 2.45) is 24.8 Å². The van der Waals surface area contributed by atoms with Crippen LogP contribution >= 0.6 is 0 Å². The van der Waals surface area contributed by atoms with Crippen molar-refractivity contribution in [2.45, 2.75) is 19.9 Å². The van der Waals surface area contributed by atoms with Crippen molar-refractivity contribution in [1.29, 1.82) is 5.26 Å². The minimum atomic E-state index is 0.0158. The molecule has 9 nitrogen and oxygen atoms in total. The average molecular weight is 467 g/mol. The molecule has 2 fully saturated rings. The van der Waals surface area contributed by atoms with Crippen LogP contribution < -0.4 is 10.2 Å². The van der Waals surface area contributed by atoms with Crippen molar-refractivity contribution < 1.29 is 4.79 Å². The van der Waals surface area contributed by atoms with E-state index in [-0.39, 0.29) is 11.8 Å². The number of fused-ring (bicyclic) bond motifs is 2. The second kappa shape index (κ2) is 7.94. The van der Waals surface area contributed by atoms with Crippen LogP contribution in [-0.4, -0.2) is 49.4 Å². The molecule has 0 bridgehead atoms. The van der Waals surface area contributed by atoms with Gasteiger partial charge in [-0.05, 0) is 18.2 Å². The van der Waals surface area contributed by atoms with Crippen molar-refractivity contribution in [3.05, 3.63) is 54.7 Å². The minimum Gasteiger partial charge on any atom is -0.356 e. The van der Waals surface area contributed by atoms with Crippen LogP contribution in [0.5, 0.6) is 0 Å². The van der Waals surface area contributed by atoms with Crippen molar-refractivity contribution in [3.63, 3.8) is 0 Å². The summed E-state index contributed by atoms with van der Waals surface area (Å²) in [6.45, 7) is 5.66. The van der Waals surface area contributed by atoms with Gasteiger partial charge >= 0.3 is 0 Å². The number of hydrogen-bond acceptors (Lipinski definition) is 6. The molecular formula is C26H26N8O. The maximum atomic E-state index is 12.0. The molecule has 35 heavy (non-hydrogen) atoms. The molecule has 0 spiro atoms. The van der Waals surface area contributed by atoms with E-state index in [4.69, 9.17) is 4.98 Å². The van der Waals surface area contributed by atoms with Crippen LogP contribution in [0.2, 0.25) is 0 Å². The summed E-state index contributed by atoms with van der Waals surface area (Å²) in [5.74, 6) is 2.08. The Morgan fingerprint density at radius 1 is 1.09 bits per heavy atom. The first-order chi connectivity index (χ1) is 16.9. The Morgan fingerprint density at radius 2 is 1.89 bits per heavy atom. The predicted molar refractivity (Wildman–Crippen MR) is 131 cm³/mol. The van der Waals surface area contributed by atoms with Crippen LogP contribution in [0.15, 0.2) is 49.2 Å². The van der Waals surface area contributed by atoms with Crippen LogP contribution in [0, 0.1) is 29.1 Å². The fourth-order valence-corrected chi connectivity index (χ4v) is 5.14. The van der Waals surface area contributed by atoms with Crippen LogP contribution in [0.4, 0.5) is 5.82 Å². The summed E-state index contributed by atoms with van der Waals surface area (Å²) in [5.41, 5.74) is 5.06. The molecule has 2 aliphatic rings. The maximum Gasteiger partial charge on any atom is 0.222 e. The Bertz CT molecular complexity index is 1460. The van der Waals surface area contributed by atoms with Crippen molar-refractivity contribution in [2.75, 3.05) is 18.0 Å². The highest BCUT2D eigenvalue weighted by molar-refractivity contribution is 5.87. The van der Waals surface area contributed by atoms with Gasteiger partial charge in [-0.15, -0.1) is 0 Å². The first-order valence-electron chi connectivity index (χ1n) is 11.8. The molecule has 0 aromatic carbocycles. The van der Waals surface area contributed by atoms with E-state index < -0.39 is 0 Å². The third-order valence-electron chi connectivity index (χ3n) is 7.18. The zero-order chi connectivity index (χ0) is 24.3. The Kier molecular flexibility index (Phi) is 4.85. The first kappa shape index (κ1) is 21.4. The zero-order valence-electron chi connectivity index (χ0n) is 19.9. The number of piperidine rings is 1. The summed E-state index contributed by atoms with van der Waals surface area (Å²) in [5, 5.41) is 21.5. The summed E-state index contributed by atoms with van der Waals surface area (Å²) in [6, 6.07) is 8.72. The number of anilines is 1. The first-order valence-corrected chi connectivity index (χ1v) is 11.8. The highest BCUT2D eigenvalue weighted by atomic mass is 16.2. The normalized spacial score (nSPS) is 20.8. The molecule has 0 radical (unpaired) electrons. The van der Waals surface area contributed by atoms with Gasteiger partial charge in [-0.2, -0.15) is 15.5 Å². The SMILES string of the molecule is CC(C)C(=O)N[C@H]1[C@@H]2CN(c3ccc(-c4cc(-c5cnn(C)c5)cn5ncc(C#N)c45)cn3)C[C@@H]21. The lowest BCUT2D eigenvalue weighted by molar-refractivity contribution is -0.124. The third-order valence-corrected chi connectivity index (χ3v) is 7.18. The molecule has 3 atom stereocenters. The Morgan fingerprint density at radius 3 is 2.51 bits per heavy atom. The van der Waals surface area contributed by atoms with Gasteiger partial charge < -0.3 is 10.2 Å². The molecule has 1 aliphatic heterocycles. The topological polar surface area (TPSA) is 104 Å². The number of hydrogen-bond donors (Lipinski definition) is 1. The number of amides is 1. The van der Waals surface area contributed by atoms with E-state index in [1.54, 1.807) is 15.4 Å².